The number of fused-ring (bicyclic) bond motifs is 1. The number of nitrogen functional groups attached to an aromatic ring is 1. The van der Waals surface area contributed by atoms with Crippen LogP contribution in [0.15, 0.2) is 29.1 Å². The van der Waals surface area contributed by atoms with Gasteiger partial charge in [0.15, 0.2) is 11.5 Å². The van der Waals surface area contributed by atoms with Crippen molar-refractivity contribution in [1.82, 2.24) is 19.5 Å². The molecule has 0 spiro atoms. The van der Waals surface area contributed by atoms with E-state index in [0.29, 0.717) is 36.4 Å². The van der Waals surface area contributed by atoms with Gasteiger partial charge in [-0.25, -0.2) is 4.79 Å². The van der Waals surface area contributed by atoms with Crippen molar-refractivity contribution in [3.8, 4) is 6.01 Å². The number of anilines is 2. The molecule has 0 saturated heterocycles. The Morgan fingerprint density at radius 3 is 2.97 bits per heavy atom. The van der Waals surface area contributed by atoms with Gasteiger partial charge in [0, 0.05) is 18.8 Å². The van der Waals surface area contributed by atoms with Crippen LogP contribution in [-0.4, -0.2) is 43.7 Å². The molecule has 0 aliphatic rings. The number of nitrogens with two attached hydrogens (primary N) is 1. The first-order valence-electron chi connectivity index (χ1n) is 9.41. The second kappa shape index (κ2) is 9.09. The molecule has 0 fully saturated rings. The van der Waals surface area contributed by atoms with Crippen molar-refractivity contribution in [3.63, 3.8) is 0 Å². The normalized spacial score (nSPS) is 10.9. The lowest BCUT2D eigenvalue weighted by Crippen LogP contribution is -2.21. The summed E-state index contributed by atoms with van der Waals surface area (Å²) in [5.41, 5.74) is 7.83. The Morgan fingerprint density at radius 1 is 1.38 bits per heavy atom. The van der Waals surface area contributed by atoms with E-state index in [1.165, 1.54) is 4.57 Å². The first-order valence-corrected chi connectivity index (χ1v) is 9.41. The number of carbonyl (C=O) groups is 1. The molecular formula is C19H24N6O4. The Bertz CT molecular complexity index is 1060. The van der Waals surface area contributed by atoms with Crippen LogP contribution in [0.3, 0.4) is 0 Å². The summed E-state index contributed by atoms with van der Waals surface area (Å²) < 4.78 is 6.99. The third-order valence-corrected chi connectivity index (χ3v) is 4.31. The number of aromatic nitrogens is 4. The number of hydrogen-bond donors (Lipinski definition) is 4. The summed E-state index contributed by atoms with van der Waals surface area (Å²) in [7, 11) is 0. The van der Waals surface area contributed by atoms with Crippen LogP contribution in [0.2, 0.25) is 0 Å². The first-order chi connectivity index (χ1) is 14.0. The average molecular weight is 400 g/mol. The summed E-state index contributed by atoms with van der Waals surface area (Å²) in [6.07, 6.45) is 1.80. The van der Waals surface area contributed by atoms with E-state index in [0.717, 1.165) is 18.5 Å². The second-order valence-corrected chi connectivity index (χ2v) is 6.57. The number of aliphatic carboxylic acids is 1. The van der Waals surface area contributed by atoms with Crippen molar-refractivity contribution in [3.05, 3.63) is 40.3 Å². The van der Waals surface area contributed by atoms with E-state index >= 15 is 0 Å². The molecular weight excluding hydrogens is 376 g/mol. The number of nitrogens with one attached hydrogen (secondary N) is 2. The molecule has 0 aliphatic carbocycles. The van der Waals surface area contributed by atoms with Crippen LogP contribution in [0.25, 0.3) is 11.2 Å². The van der Waals surface area contributed by atoms with E-state index in [4.69, 9.17) is 15.6 Å². The van der Waals surface area contributed by atoms with E-state index in [1.54, 1.807) is 18.2 Å². The van der Waals surface area contributed by atoms with Gasteiger partial charge < -0.3 is 25.9 Å². The first kappa shape index (κ1) is 20.2. The number of rotatable bonds is 10. The smallest absolute Gasteiger partial charge is 0.327 e. The number of unbranched alkanes of at least 4 members (excludes halogenated alkanes) is 1. The van der Waals surface area contributed by atoms with Crippen LogP contribution >= 0.6 is 0 Å². The predicted octanol–water partition coefficient (Wildman–Crippen LogP) is 1.62. The highest BCUT2D eigenvalue weighted by molar-refractivity contribution is 5.81. The van der Waals surface area contributed by atoms with Crippen molar-refractivity contribution in [2.45, 2.75) is 32.7 Å². The van der Waals surface area contributed by atoms with Crippen LogP contribution in [0.5, 0.6) is 6.01 Å². The summed E-state index contributed by atoms with van der Waals surface area (Å²) in [6.45, 7) is 3.28. The summed E-state index contributed by atoms with van der Waals surface area (Å²) in [6, 6.07) is 7.29. The maximum absolute atomic E-state index is 12.3. The zero-order valence-corrected chi connectivity index (χ0v) is 16.1. The van der Waals surface area contributed by atoms with E-state index in [-0.39, 0.29) is 23.9 Å². The SMILES string of the molecule is CCCCOc1nc(N)c2[nH]c(=O)n(CCNc3cccc(CC(=O)O)c3)c2n1. The van der Waals surface area contributed by atoms with Crippen molar-refractivity contribution in [2.75, 3.05) is 24.2 Å². The number of nitrogens with zero attached hydrogens (tertiary/aromatic N) is 3. The van der Waals surface area contributed by atoms with Crippen molar-refractivity contribution in [2.24, 2.45) is 0 Å². The van der Waals surface area contributed by atoms with Gasteiger partial charge in [0.25, 0.3) is 0 Å². The molecule has 10 heteroatoms. The van der Waals surface area contributed by atoms with Crippen molar-refractivity contribution in [1.29, 1.82) is 0 Å². The quantitative estimate of drug-likeness (QED) is 0.375. The lowest BCUT2D eigenvalue weighted by Gasteiger charge is -2.09. The molecule has 154 valence electrons. The molecule has 1 aromatic carbocycles. The second-order valence-electron chi connectivity index (χ2n) is 6.57. The van der Waals surface area contributed by atoms with Crippen LogP contribution in [-0.2, 0) is 17.8 Å². The fraction of sp³-hybridized carbons (Fsp3) is 0.368. The maximum Gasteiger partial charge on any atom is 0.327 e. The topological polar surface area (TPSA) is 148 Å². The third-order valence-electron chi connectivity index (χ3n) is 4.31. The van der Waals surface area contributed by atoms with Crippen LogP contribution in [0.4, 0.5) is 11.5 Å². The van der Waals surface area contributed by atoms with Crippen molar-refractivity contribution >= 4 is 28.6 Å². The molecule has 0 atom stereocenters. The molecule has 29 heavy (non-hydrogen) atoms. The van der Waals surface area contributed by atoms with Gasteiger partial charge in [-0.1, -0.05) is 25.5 Å². The number of aromatic amines is 1. The van der Waals surface area contributed by atoms with Gasteiger partial charge in [0.05, 0.1) is 13.0 Å². The molecule has 0 aliphatic heterocycles. The summed E-state index contributed by atoms with van der Waals surface area (Å²) in [5, 5.41) is 12.1. The molecule has 5 N–H and O–H groups in total. The molecule has 0 saturated carbocycles. The summed E-state index contributed by atoms with van der Waals surface area (Å²) in [4.78, 5) is 34.3. The monoisotopic (exact) mass is 400 g/mol. The van der Waals surface area contributed by atoms with Crippen LogP contribution in [0, 0.1) is 0 Å². The van der Waals surface area contributed by atoms with E-state index in [9.17, 15) is 9.59 Å². The fourth-order valence-corrected chi connectivity index (χ4v) is 2.89. The van der Waals surface area contributed by atoms with Gasteiger partial charge in [-0.05, 0) is 24.1 Å². The predicted molar refractivity (Wildman–Crippen MR) is 109 cm³/mol. The van der Waals surface area contributed by atoms with Crippen molar-refractivity contribution < 1.29 is 14.6 Å². The molecule has 3 rings (SSSR count). The summed E-state index contributed by atoms with van der Waals surface area (Å²) >= 11 is 0. The fourth-order valence-electron chi connectivity index (χ4n) is 2.89. The van der Waals surface area contributed by atoms with E-state index in [1.807, 2.05) is 6.07 Å². The van der Waals surface area contributed by atoms with Gasteiger partial charge in [0.1, 0.15) is 5.52 Å². The minimum absolute atomic E-state index is 0.0472. The molecule has 2 aromatic heterocycles. The van der Waals surface area contributed by atoms with Gasteiger partial charge in [0.2, 0.25) is 0 Å². The van der Waals surface area contributed by atoms with Crippen LogP contribution in [0.1, 0.15) is 25.3 Å². The van der Waals surface area contributed by atoms with E-state index in [2.05, 4.69) is 27.2 Å². The highest BCUT2D eigenvalue weighted by atomic mass is 16.5. The lowest BCUT2D eigenvalue weighted by atomic mass is 10.1. The lowest BCUT2D eigenvalue weighted by molar-refractivity contribution is -0.136. The highest BCUT2D eigenvalue weighted by Gasteiger charge is 2.14. The number of imidazole rings is 1. The largest absolute Gasteiger partial charge is 0.481 e. The van der Waals surface area contributed by atoms with Gasteiger partial charge in [-0.2, -0.15) is 9.97 Å². The van der Waals surface area contributed by atoms with Gasteiger partial charge in [-0.15, -0.1) is 0 Å². The Balaban J connectivity index is 1.73. The molecule has 0 radical (unpaired) electrons. The number of carboxylic acids is 1. The average Bonchev–Trinajstić information content (AvgIpc) is 2.98. The molecule has 2 heterocycles. The molecule has 0 unspecified atom stereocenters. The number of carboxylic acid groups (broad SMARTS) is 1. The van der Waals surface area contributed by atoms with Gasteiger partial charge >= 0.3 is 17.7 Å². The number of benzene rings is 1. The number of H-pyrrole nitrogens is 1. The van der Waals surface area contributed by atoms with Crippen LogP contribution < -0.4 is 21.5 Å². The standard InChI is InChI=1S/C19H24N6O4/c1-2-3-9-29-18-23-16(20)15-17(24-18)25(19(28)22-15)8-7-21-13-6-4-5-12(10-13)11-14(26)27/h4-6,10,21H,2-3,7-9,11H2,1H3,(H,22,28)(H,26,27)(H2,20,23,24). The zero-order valence-electron chi connectivity index (χ0n) is 16.1. The van der Waals surface area contributed by atoms with E-state index < -0.39 is 5.97 Å². The summed E-state index contributed by atoms with van der Waals surface area (Å²) in [5.74, 6) is -0.728. The Labute approximate surface area is 166 Å². The molecule has 10 nitrogen and oxygen atoms in total. The maximum atomic E-state index is 12.3. The zero-order chi connectivity index (χ0) is 20.8. The molecule has 0 amide bonds. The third kappa shape index (κ3) is 5.03. The highest BCUT2D eigenvalue weighted by Crippen LogP contribution is 2.18. The Morgan fingerprint density at radius 2 is 2.21 bits per heavy atom. The Kier molecular flexibility index (Phi) is 6.32. The van der Waals surface area contributed by atoms with Gasteiger partial charge in [-0.3, -0.25) is 9.36 Å². The minimum Gasteiger partial charge on any atom is -0.481 e. The molecule has 0 bridgehead atoms. The number of ether oxygens (including phenoxy) is 1. The Hall–Kier alpha value is -3.56. The number of hydrogen-bond acceptors (Lipinski definition) is 7. The molecule has 3 aromatic rings. The minimum atomic E-state index is -0.887.